The minimum atomic E-state index is -0.527. The Morgan fingerprint density at radius 3 is 2.74 bits per heavy atom. The van der Waals surface area contributed by atoms with E-state index in [2.05, 4.69) is 26.0 Å². The number of pyridine rings is 1. The van der Waals surface area contributed by atoms with Gasteiger partial charge in [-0.1, -0.05) is 6.07 Å². The first-order valence-corrected chi connectivity index (χ1v) is 11.2. The maximum absolute atomic E-state index is 12.6. The van der Waals surface area contributed by atoms with Crippen molar-refractivity contribution in [3.63, 3.8) is 0 Å². The van der Waals surface area contributed by atoms with Crippen molar-refractivity contribution in [1.29, 1.82) is 0 Å². The number of piperidine rings is 1. The van der Waals surface area contributed by atoms with Crippen LogP contribution in [0.15, 0.2) is 29.0 Å². The van der Waals surface area contributed by atoms with Gasteiger partial charge in [0.25, 0.3) is 0 Å². The van der Waals surface area contributed by atoms with Gasteiger partial charge in [0.2, 0.25) is 0 Å². The molecule has 4 heterocycles. The number of hydrogen-bond donors (Lipinski definition) is 1. The standard InChI is InChI=1S/C22H27BrN6O2/c1-13-7-8-14(10-25-13)16-11-26-29-19(24)17(23)18(27-20(16)29)15-6-5-9-28(12-15)21(30)31-22(2,3)4/h7-8,10-11,15H,5-6,9,12,24H2,1-4H3. The molecule has 0 spiro atoms. The first kappa shape index (κ1) is 21.5. The Balaban J connectivity index is 1.70. The fraction of sp³-hybridized carbons (Fsp3) is 0.455. The summed E-state index contributed by atoms with van der Waals surface area (Å²) < 4.78 is 7.92. The number of rotatable bonds is 2. The first-order valence-electron chi connectivity index (χ1n) is 10.4. The van der Waals surface area contributed by atoms with Gasteiger partial charge in [0.05, 0.1) is 16.4 Å². The van der Waals surface area contributed by atoms with E-state index in [4.69, 9.17) is 15.5 Å². The van der Waals surface area contributed by atoms with E-state index in [0.717, 1.165) is 35.4 Å². The van der Waals surface area contributed by atoms with Crippen LogP contribution in [0.4, 0.5) is 10.6 Å². The van der Waals surface area contributed by atoms with Crippen molar-refractivity contribution in [3.05, 3.63) is 40.4 Å². The average Bonchev–Trinajstić information content (AvgIpc) is 3.14. The number of amides is 1. The van der Waals surface area contributed by atoms with Crippen molar-refractivity contribution >= 4 is 33.5 Å². The normalized spacial score (nSPS) is 17.2. The molecule has 0 bridgehead atoms. The molecule has 1 saturated heterocycles. The van der Waals surface area contributed by atoms with E-state index in [1.807, 2.05) is 46.0 Å². The van der Waals surface area contributed by atoms with Crippen LogP contribution in [0.1, 0.15) is 50.9 Å². The summed E-state index contributed by atoms with van der Waals surface area (Å²) in [6.45, 7) is 8.78. The summed E-state index contributed by atoms with van der Waals surface area (Å²) in [5, 5.41) is 4.43. The molecule has 0 aromatic carbocycles. The number of ether oxygens (including phenoxy) is 1. The number of aromatic nitrogens is 4. The van der Waals surface area contributed by atoms with Crippen molar-refractivity contribution in [2.75, 3.05) is 18.8 Å². The van der Waals surface area contributed by atoms with Crippen LogP contribution in [-0.4, -0.2) is 49.3 Å². The summed E-state index contributed by atoms with van der Waals surface area (Å²) in [6, 6.07) is 3.96. The van der Waals surface area contributed by atoms with Crippen LogP contribution in [-0.2, 0) is 4.74 Å². The third-order valence-electron chi connectivity index (χ3n) is 5.33. The highest BCUT2D eigenvalue weighted by Crippen LogP contribution is 2.36. The largest absolute Gasteiger partial charge is 0.444 e. The van der Waals surface area contributed by atoms with Gasteiger partial charge in [0.1, 0.15) is 11.4 Å². The van der Waals surface area contributed by atoms with Gasteiger partial charge in [-0.25, -0.2) is 9.78 Å². The summed E-state index contributed by atoms with van der Waals surface area (Å²) in [4.78, 5) is 23.7. The lowest BCUT2D eigenvalue weighted by Crippen LogP contribution is -2.42. The lowest BCUT2D eigenvalue weighted by Gasteiger charge is -2.34. The molecule has 9 heteroatoms. The average molecular weight is 487 g/mol. The van der Waals surface area contributed by atoms with Gasteiger partial charge in [0, 0.05) is 42.0 Å². The molecule has 1 atom stereocenters. The first-order chi connectivity index (χ1) is 14.6. The summed E-state index contributed by atoms with van der Waals surface area (Å²) in [5.74, 6) is 0.530. The number of fused-ring (bicyclic) bond motifs is 1. The lowest BCUT2D eigenvalue weighted by atomic mass is 9.94. The van der Waals surface area contributed by atoms with Crippen LogP contribution in [0.25, 0.3) is 16.8 Å². The zero-order valence-corrected chi connectivity index (χ0v) is 19.8. The SMILES string of the molecule is Cc1ccc(-c2cnn3c(N)c(Br)c(C4CCCN(C(=O)OC(C)(C)C)C4)nc23)cn1. The molecular formula is C22H27BrN6O2. The predicted octanol–water partition coefficient (Wildman–Crippen LogP) is 4.56. The van der Waals surface area contributed by atoms with Gasteiger partial charge in [0.15, 0.2) is 5.65 Å². The molecule has 0 aliphatic carbocycles. The highest BCUT2D eigenvalue weighted by Gasteiger charge is 2.31. The van der Waals surface area contributed by atoms with Crippen LogP contribution >= 0.6 is 15.9 Å². The van der Waals surface area contributed by atoms with E-state index in [-0.39, 0.29) is 12.0 Å². The minimum Gasteiger partial charge on any atom is -0.444 e. The molecule has 1 aliphatic rings. The van der Waals surface area contributed by atoms with E-state index >= 15 is 0 Å². The Labute approximate surface area is 189 Å². The third-order valence-corrected chi connectivity index (χ3v) is 6.14. The molecule has 164 valence electrons. The van der Waals surface area contributed by atoms with Crippen molar-refractivity contribution in [3.8, 4) is 11.1 Å². The number of hydrogen-bond acceptors (Lipinski definition) is 6. The Kier molecular flexibility index (Phi) is 5.63. The minimum absolute atomic E-state index is 0.0434. The van der Waals surface area contributed by atoms with Crippen LogP contribution in [0.3, 0.4) is 0 Å². The zero-order valence-electron chi connectivity index (χ0n) is 18.2. The molecule has 3 aromatic heterocycles. The summed E-state index contributed by atoms with van der Waals surface area (Å²) in [5.41, 5.74) is 10.1. The Morgan fingerprint density at radius 1 is 1.29 bits per heavy atom. The molecule has 8 nitrogen and oxygen atoms in total. The third kappa shape index (κ3) is 4.37. The summed E-state index contributed by atoms with van der Waals surface area (Å²) in [6.07, 6.45) is 5.07. The van der Waals surface area contributed by atoms with Gasteiger partial charge >= 0.3 is 6.09 Å². The zero-order chi connectivity index (χ0) is 22.3. The molecule has 2 N–H and O–H groups in total. The topological polar surface area (TPSA) is 98.6 Å². The number of aryl methyl sites for hydroxylation is 1. The van der Waals surface area contributed by atoms with Crippen molar-refractivity contribution in [1.82, 2.24) is 24.5 Å². The Bertz CT molecular complexity index is 1120. The molecule has 1 fully saturated rings. The fourth-order valence-electron chi connectivity index (χ4n) is 3.81. The maximum Gasteiger partial charge on any atom is 0.410 e. The molecule has 1 amide bonds. The van der Waals surface area contributed by atoms with Gasteiger partial charge in [-0.2, -0.15) is 9.61 Å². The predicted molar refractivity (Wildman–Crippen MR) is 123 cm³/mol. The van der Waals surface area contributed by atoms with E-state index in [9.17, 15) is 4.79 Å². The molecule has 1 unspecified atom stereocenters. The second-order valence-electron chi connectivity index (χ2n) is 8.94. The molecular weight excluding hydrogens is 460 g/mol. The number of nitrogen functional groups attached to an aromatic ring is 1. The molecule has 31 heavy (non-hydrogen) atoms. The van der Waals surface area contributed by atoms with Crippen LogP contribution in [0.2, 0.25) is 0 Å². The number of halogens is 1. The Morgan fingerprint density at radius 2 is 2.06 bits per heavy atom. The fourth-order valence-corrected chi connectivity index (χ4v) is 4.39. The summed E-state index contributed by atoms with van der Waals surface area (Å²) in [7, 11) is 0. The second kappa shape index (κ2) is 8.11. The highest BCUT2D eigenvalue weighted by molar-refractivity contribution is 9.10. The summed E-state index contributed by atoms with van der Waals surface area (Å²) >= 11 is 3.62. The van der Waals surface area contributed by atoms with Gasteiger partial charge in [-0.05, 0) is 62.5 Å². The molecule has 1 aliphatic heterocycles. The number of likely N-dealkylation sites (tertiary alicyclic amines) is 1. The van der Waals surface area contributed by atoms with Crippen LogP contribution < -0.4 is 5.73 Å². The van der Waals surface area contributed by atoms with Gasteiger partial charge < -0.3 is 15.4 Å². The van der Waals surface area contributed by atoms with E-state index in [1.165, 1.54) is 0 Å². The number of carbonyl (C=O) groups excluding carboxylic acids is 1. The second-order valence-corrected chi connectivity index (χ2v) is 9.74. The maximum atomic E-state index is 12.6. The quantitative estimate of drug-likeness (QED) is 0.569. The lowest BCUT2D eigenvalue weighted by molar-refractivity contribution is 0.0197. The molecule has 3 aromatic rings. The van der Waals surface area contributed by atoms with Gasteiger partial charge in [-0.3, -0.25) is 4.98 Å². The highest BCUT2D eigenvalue weighted by atomic mass is 79.9. The van der Waals surface area contributed by atoms with Crippen molar-refractivity contribution < 1.29 is 9.53 Å². The smallest absolute Gasteiger partial charge is 0.410 e. The number of nitrogens with two attached hydrogens (primary N) is 1. The molecule has 0 radical (unpaired) electrons. The van der Waals surface area contributed by atoms with E-state index in [0.29, 0.717) is 29.0 Å². The van der Waals surface area contributed by atoms with Gasteiger partial charge in [-0.15, -0.1) is 0 Å². The van der Waals surface area contributed by atoms with Crippen molar-refractivity contribution in [2.45, 2.75) is 52.1 Å². The number of carbonyl (C=O) groups is 1. The Hall–Kier alpha value is -2.68. The number of nitrogens with zero attached hydrogens (tertiary/aromatic N) is 5. The monoisotopic (exact) mass is 486 g/mol. The van der Waals surface area contributed by atoms with Crippen LogP contribution in [0, 0.1) is 6.92 Å². The van der Waals surface area contributed by atoms with Crippen LogP contribution in [0.5, 0.6) is 0 Å². The van der Waals surface area contributed by atoms with Crippen molar-refractivity contribution in [2.24, 2.45) is 0 Å². The van der Waals surface area contributed by atoms with E-state index < -0.39 is 5.60 Å². The number of anilines is 1. The molecule has 0 saturated carbocycles. The van der Waals surface area contributed by atoms with E-state index in [1.54, 1.807) is 15.6 Å². The molecule has 4 rings (SSSR count).